The third-order valence-corrected chi connectivity index (χ3v) is 6.05. The molecule has 0 aliphatic heterocycles. The van der Waals surface area contributed by atoms with Crippen LogP contribution in [0.25, 0.3) is 9.75 Å². The SMILES string of the molecule is C#CC(O)(c1cccs1)c1ccc(-c2cccs2)s1. The lowest BCUT2D eigenvalue weighted by Crippen LogP contribution is -2.22. The number of thiophene rings is 3. The van der Waals surface area contributed by atoms with Gasteiger partial charge in [-0.2, -0.15) is 0 Å². The largest absolute Gasteiger partial charge is 0.368 e. The van der Waals surface area contributed by atoms with Crippen LogP contribution >= 0.6 is 34.0 Å². The van der Waals surface area contributed by atoms with Crippen molar-refractivity contribution in [3.63, 3.8) is 0 Å². The van der Waals surface area contributed by atoms with Gasteiger partial charge in [0.15, 0.2) is 5.60 Å². The molecule has 0 aromatic carbocycles. The Morgan fingerprint density at radius 2 is 1.74 bits per heavy atom. The summed E-state index contributed by atoms with van der Waals surface area (Å²) in [6, 6.07) is 11.8. The van der Waals surface area contributed by atoms with Gasteiger partial charge in [-0.1, -0.05) is 18.1 Å². The minimum absolute atomic E-state index is 0.787. The monoisotopic (exact) mass is 302 g/mol. The maximum Gasteiger partial charge on any atom is 0.195 e. The molecule has 0 aliphatic rings. The van der Waals surface area contributed by atoms with Crippen LogP contribution in [0.5, 0.6) is 0 Å². The Kier molecular flexibility index (Phi) is 3.29. The van der Waals surface area contributed by atoms with Crippen LogP contribution < -0.4 is 0 Å². The molecule has 3 heterocycles. The van der Waals surface area contributed by atoms with Crippen LogP contribution in [0.1, 0.15) is 9.75 Å². The van der Waals surface area contributed by atoms with Crippen LogP contribution in [0, 0.1) is 12.3 Å². The fourth-order valence-electron chi connectivity index (χ4n) is 1.83. The first-order valence-electron chi connectivity index (χ1n) is 5.62. The number of hydrogen-bond donors (Lipinski definition) is 1. The predicted octanol–water partition coefficient (Wildman–Crippen LogP) is 4.41. The van der Waals surface area contributed by atoms with Gasteiger partial charge in [0.05, 0.1) is 9.75 Å². The van der Waals surface area contributed by atoms with Gasteiger partial charge in [-0.15, -0.1) is 40.4 Å². The molecule has 0 amide bonds. The van der Waals surface area contributed by atoms with Crippen molar-refractivity contribution < 1.29 is 5.11 Å². The fraction of sp³-hybridized carbons (Fsp3) is 0.0667. The molecule has 3 aromatic heterocycles. The van der Waals surface area contributed by atoms with Gasteiger partial charge in [0.25, 0.3) is 0 Å². The predicted molar refractivity (Wildman–Crippen MR) is 83.8 cm³/mol. The highest BCUT2D eigenvalue weighted by atomic mass is 32.1. The summed E-state index contributed by atoms with van der Waals surface area (Å²) in [4.78, 5) is 3.91. The zero-order valence-corrected chi connectivity index (χ0v) is 12.3. The standard InChI is InChI=1S/C15H10OS3/c1-2-15(16,13-6-4-10-18-13)14-8-7-12(19-14)11-5-3-9-17-11/h1,3-10,16H. The van der Waals surface area contributed by atoms with Gasteiger partial charge in [0.2, 0.25) is 0 Å². The fourth-order valence-corrected chi connectivity index (χ4v) is 4.61. The van der Waals surface area contributed by atoms with Crippen LogP contribution in [0.15, 0.2) is 47.2 Å². The van der Waals surface area contributed by atoms with Gasteiger partial charge in [-0.05, 0) is 35.0 Å². The molecule has 0 saturated heterocycles. The number of terminal acetylenes is 1. The first-order chi connectivity index (χ1) is 9.24. The van der Waals surface area contributed by atoms with Crippen molar-refractivity contribution in [1.29, 1.82) is 0 Å². The quantitative estimate of drug-likeness (QED) is 0.711. The maximum absolute atomic E-state index is 10.8. The topological polar surface area (TPSA) is 20.2 Å². The van der Waals surface area contributed by atoms with Crippen LogP contribution in [0.3, 0.4) is 0 Å². The van der Waals surface area contributed by atoms with Crippen molar-refractivity contribution >= 4 is 34.0 Å². The zero-order valence-electron chi connectivity index (χ0n) is 9.87. The summed E-state index contributed by atoms with van der Waals surface area (Å²) < 4.78 is 0. The van der Waals surface area contributed by atoms with E-state index in [1.165, 1.54) is 16.2 Å². The van der Waals surface area contributed by atoms with Crippen molar-refractivity contribution in [2.45, 2.75) is 5.60 Å². The Bertz CT molecular complexity index is 701. The maximum atomic E-state index is 10.8. The average molecular weight is 302 g/mol. The van der Waals surface area contributed by atoms with Gasteiger partial charge < -0.3 is 5.11 Å². The van der Waals surface area contributed by atoms with Crippen molar-refractivity contribution in [2.75, 3.05) is 0 Å². The third-order valence-electron chi connectivity index (χ3n) is 2.81. The summed E-state index contributed by atoms with van der Waals surface area (Å²) in [7, 11) is 0. The molecule has 3 rings (SSSR count). The first-order valence-corrected chi connectivity index (χ1v) is 8.20. The second-order valence-electron chi connectivity index (χ2n) is 3.97. The molecule has 0 spiro atoms. The molecule has 0 aliphatic carbocycles. The van der Waals surface area contributed by atoms with Gasteiger partial charge >= 0.3 is 0 Å². The van der Waals surface area contributed by atoms with Gasteiger partial charge in [0, 0.05) is 9.75 Å². The summed E-state index contributed by atoms with van der Waals surface area (Å²) in [6.45, 7) is 0. The lowest BCUT2D eigenvalue weighted by atomic mass is 10.0. The third kappa shape index (κ3) is 2.15. The molecule has 1 unspecified atom stereocenters. The van der Waals surface area contributed by atoms with E-state index in [-0.39, 0.29) is 0 Å². The van der Waals surface area contributed by atoms with E-state index in [0.29, 0.717) is 0 Å². The number of aliphatic hydroxyl groups is 1. The highest BCUT2D eigenvalue weighted by Crippen LogP contribution is 2.40. The zero-order chi connectivity index (χ0) is 13.3. The van der Waals surface area contributed by atoms with Crippen LogP contribution in [-0.4, -0.2) is 5.11 Å². The molecule has 3 aromatic rings. The molecular formula is C15H10OS3. The normalized spacial score (nSPS) is 13.9. The van der Waals surface area contributed by atoms with Crippen LogP contribution in [0.4, 0.5) is 0 Å². The average Bonchev–Trinajstić information content (AvgIpc) is 3.17. The molecule has 0 fully saturated rings. The van der Waals surface area contributed by atoms with Gasteiger partial charge in [-0.25, -0.2) is 0 Å². The minimum atomic E-state index is -1.31. The second-order valence-corrected chi connectivity index (χ2v) is 6.95. The Morgan fingerprint density at radius 1 is 0.947 bits per heavy atom. The van der Waals surface area contributed by atoms with E-state index < -0.39 is 5.60 Å². The Labute approximate surface area is 123 Å². The Hall–Kier alpha value is -1.38. The van der Waals surface area contributed by atoms with Crippen LogP contribution in [-0.2, 0) is 5.60 Å². The van der Waals surface area contributed by atoms with E-state index in [2.05, 4.69) is 12.0 Å². The summed E-state index contributed by atoms with van der Waals surface area (Å²) in [6.07, 6.45) is 5.57. The molecule has 1 nitrogen and oxygen atoms in total. The summed E-state index contributed by atoms with van der Waals surface area (Å²) in [5.41, 5.74) is -1.31. The first kappa shape index (κ1) is 12.6. The second kappa shape index (κ2) is 4.95. The summed E-state index contributed by atoms with van der Waals surface area (Å²) >= 11 is 4.70. The molecule has 94 valence electrons. The van der Waals surface area contributed by atoms with Crippen molar-refractivity contribution in [1.82, 2.24) is 0 Å². The van der Waals surface area contributed by atoms with Crippen LogP contribution in [0.2, 0.25) is 0 Å². The van der Waals surface area contributed by atoms with E-state index in [4.69, 9.17) is 6.42 Å². The molecule has 1 N–H and O–H groups in total. The van der Waals surface area contributed by atoms with Crippen molar-refractivity contribution in [3.05, 3.63) is 56.9 Å². The highest BCUT2D eigenvalue weighted by Gasteiger charge is 2.32. The Morgan fingerprint density at radius 3 is 2.37 bits per heavy atom. The molecule has 1 atom stereocenters. The molecule has 4 heteroatoms. The van der Waals surface area contributed by atoms with E-state index in [1.807, 2.05) is 41.1 Å². The lowest BCUT2D eigenvalue weighted by molar-refractivity contribution is 0.153. The molecular weight excluding hydrogens is 292 g/mol. The highest BCUT2D eigenvalue weighted by molar-refractivity contribution is 7.21. The van der Waals surface area contributed by atoms with E-state index in [9.17, 15) is 5.11 Å². The van der Waals surface area contributed by atoms with E-state index in [1.54, 1.807) is 22.7 Å². The van der Waals surface area contributed by atoms with Gasteiger partial charge in [-0.3, -0.25) is 0 Å². The molecule has 0 radical (unpaired) electrons. The van der Waals surface area contributed by atoms with E-state index in [0.717, 1.165) is 14.6 Å². The summed E-state index contributed by atoms with van der Waals surface area (Å²) in [5.74, 6) is 2.54. The smallest absolute Gasteiger partial charge is 0.195 e. The Balaban J connectivity index is 2.05. The lowest BCUT2D eigenvalue weighted by Gasteiger charge is -2.18. The van der Waals surface area contributed by atoms with Gasteiger partial charge in [0.1, 0.15) is 0 Å². The number of rotatable bonds is 3. The molecule has 0 bridgehead atoms. The molecule has 0 saturated carbocycles. The van der Waals surface area contributed by atoms with Crippen molar-refractivity contribution in [3.8, 4) is 22.1 Å². The molecule has 19 heavy (non-hydrogen) atoms. The minimum Gasteiger partial charge on any atom is -0.368 e. The summed E-state index contributed by atoms with van der Waals surface area (Å²) in [5, 5.41) is 14.7. The number of hydrogen-bond acceptors (Lipinski definition) is 4. The van der Waals surface area contributed by atoms with Crippen molar-refractivity contribution in [2.24, 2.45) is 0 Å². The van der Waals surface area contributed by atoms with E-state index >= 15 is 0 Å².